The lowest BCUT2D eigenvalue weighted by Gasteiger charge is -2.17. The number of rotatable bonds is 3. The van der Waals surface area contributed by atoms with E-state index < -0.39 is 42.5 Å². The standard InChI is InChI=1S/C12H15N5O6/c13-9-6-4(10(14)21)1-16(11(6)15-3-17(9)22)12-8(20)7(19)5(2-18)23-12/h1,3,5,7-8,12-13,18-20,22H,2H2,(H2,14,21)/t5-,7+,8-,12-/m0/s1. The first kappa shape index (κ1) is 15.4. The van der Waals surface area contributed by atoms with Crippen LogP contribution in [0, 0.1) is 5.41 Å². The summed E-state index contributed by atoms with van der Waals surface area (Å²) >= 11 is 0. The Morgan fingerprint density at radius 2 is 2.13 bits per heavy atom. The van der Waals surface area contributed by atoms with Crippen LogP contribution in [0.4, 0.5) is 0 Å². The van der Waals surface area contributed by atoms with Crippen molar-refractivity contribution in [3.05, 3.63) is 23.6 Å². The third kappa shape index (κ3) is 2.17. The number of nitrogens with zero attached hydrogens (tertiary/aromatic N) is 3. The minimum absolute atomic E-state index is 0.0276. The summed E-state index contributed by atoms with van der Waals surface area (Å²) in [5.41, 5.74) is 4.82. The lowest BCUT2D eigenvalue weighted by Crippen LogP contribution is -2.33. The lowest BCUT2D eigenvalue weighted by molar-refractivity contribution is -0.0509. The van der Waals surface area contributed by atoms with Crippen molar-refractivity contribution in [1.82, 2.24) is 14.3 Å². The van der Waals surface area contributed by atoms with Gasteiger partial charge in [-0.3, -0.25) is 10.2 Å². The molecule has 7 N–H and O–H groups in total. The van der Waals surface area contributed by atoms with Gasteiger partial charge < -0.3 is 35.6 Å². The van der Waals surface area contributed by atoms with E-state index in [1.54, 1.807) is 0 Å². The Hall–Kier alpha value is -2.47. The van der Waals surface area contributed by atoms with Crippen molar-refractivity contribution in [3.63, 3.8) is 0 Å². The number of fused-ring (bicyclic) bond motifs is 1. The van der Waals surface area contributed by atoms with E-state index in [2.05, 4.69) is 4.98 Å². The Balaban J connectivity index is 2.22. The van der Waals surface area contributed by atoms with Gasteiger partial charge in [-0.05, 0) is 0 Å². The van der Waals surface area contributed by atoms with Gasteiger partial charge in [-0.2, -0.15) is 4.73 Å². The van der Waals surface area contributed by atoms with Crippen molar-refractivity contribution < 1.29 is 30.1 Å². The predicted octanol–water partition coefficient (Wildman–Crippen LogP) is -2.74. The quantitative estimate of drug-likeness (QED) is 0.331. The van der Waals surface area contributed by atoms with Crippen LogP contribution < -0.4 is 11.2 Å². The monoisotopic (exact) mass is 325 g/mol. The van der Waals surface area contributed by atoms with Crippen LogP contribution in [0.25, 0.3) is 11.0 Å². The average molecular weight is 325 g/mol. The van der Waals surface area contributed by atoms with Crippen molar-refractivity contribution in [2.75, 3.05) is 6.61 Å². The highest BCUT2D eigenvalue weighted by molar-refractivity contribution is 6.04. The Labute approximate surface area is 128 Å². The number of primary amides is 1. The highest BCUT2D eigenvalue weighted by atomic mass is 16.6. The zero-order valence-corrected chi connectivity index (χ0v) is 11.7. The zero-order chi connectivity index (χ0) is 16.9. The second-order valence-corrected chi connectivity index (χ2v) is 5.18. The van der Waals surface area contributed by atoms with E-state index in [-0.39, 0.29) is 16.6 Å². The van der Waals surface area contributed by atoms with Crippen LogP contribution in [0.15, 0.2) is 12.5 Å². The molecule has 2 aromatic rings. The fourth-order valence-corrected chi connectivity index (χ4v) is 2.65. The summed E-state index contributed by atoms with van der Waals surface area (Å²) in [6.07, 6.45) is -2.71. The van der Waals surface area contributed by atoms with Crippen LogP contribution in [-0.4, -0.2) is 65.6 Å². The molecular weight excluding hydrogens is 310 g/mol. The van der Waals surface area contributed by atoms with E-state index in [0.29, 0.717) is 4.73 Å². The van der Waals surface area contributed by atoms with E-state index in [4.69, 9.17) is 21.0 Å². The van der Waals surface area contributed by atoms with Gasteiger partial charge >= 0.3 is 0 Å². The highest BCUT2D eigenvalue weighted by Crippen LogP contribution is 2.32. The van der Waals surface area contributed by atoms with Crippen LogP contribution in [-0.2, 0) is 4.74 Å². The molecule has 0 radical (unpaired) electrons. The molecule has 3 rings (SSSR count). The molecule has 11 nitrogen and oxygen atoms in total. The minimum atomic E-state index is -1.39. The molecule has 2 aromatic heterocycles. The van der Waals surface area contributed by atoms with Gasteiger partial charge in [-0.1, -0.05) is 0 Å². The molecule has 3 heterocycles. The SMILES string of the molecule is N=c1c2c(C(N)=O)cn([C@H]3O[C@@H](CO)[C@@H](O)[C@@H]3O)c2ncn1O. The number of nitrogens with two attached hydrogens (primary N) is 1. The molecule has 0 saturated carbocycles. The Kier molecular flexibility index (Phi) is 3.56. The second kappa shape index (κ2) is 5.31. The number of aliphatic hydroxyl groups is 3. The number of amides is 1. The molecule has 1 saturated heterocycles. The fourth-order valence-electron chi connectivity index (χ4n) is 2.65. The molecule has 0 bridgehead atoms. The molecule has 124 valence electrons. The first-order valence-corrected chi connectivity index (χ1v) is 6.65. The van der Waals surface area contributed by atoms with Crippen LogP contribution in [0.5, 0.6) is 0 Å². The van der Waals surface area contributed by atoms with Crippen LogP contribution >= 0.6 is 0 Å². The van der Waals surface area contributed by atoms with Gasteiger partial charge in [-0.25, -0.2) is 4.98 Å². The van der Waals surface area contributed by atoms with Crippen LogP contribution in [0.3, 0.4) is 0 Å². The van der Waals surface area contributed by atoms with Crippen molar-refractivity contribution in [2.24, 2.45) is 5.73 Å². The molecule has 1 fully saturated rings. The number of aliphatic hydroxyl groups excluding tert-OH is 3. The third-order valence-corrected chi connectivity index (χ3v) is 3.82. The maximum absolute atomic E-state index is 11.6. The summed E-state index contributed by atoms with van der Waals surface area (Å²) in [4.78, 5) is 15.5. The maximum Gasteiger partial charge on any atom is 0.251 e. The van der Waals surface area contributed by atoms with Gasteiger partial charge in [0.15, 0.2) is 11.7 Å². The topological polar surface area (TPSA) is 180 Å². The number of ether oxygens (including phenoxy) is 1. The summed E-state index contributed by atoms with van der Waals surface area (Å²) < 4.78 is 7.03. The van der Waals surface area contributed by atoms with Gasteiger partial charge in [0.2, 0.25) is 0 Å². The second-order valence-electron chi connectivity index (χ2n) is 5.18. The molecule has 4 atom stereocenters. The zero-order valence-electron chi connectivity index (χ0n) is 11.7. The van der Waals surface area contributed by atoms with E-state index in [9.17, 15) is 20.2 Å². The average Bonchev–Trinajstić information content (AvgIpc) is 3.03. The molecule has 1 amide bonds. The molecule has 1 aliphatic heterocycles. The summed E-state index contributed by atoms with van der Waals surface area (Å²) in [5.74, 6) is -0.859. The van der Waals surface area contributed by atoms with Gasteiger partial charge in [-0.15, -0.1) is 0 Å². The van der Waals surface area contributed by atoms with Crippen LogP contribution in [0.2, 0.25) is 0 Å². The van der Waals surface area contributed by atoms with Crippen molar-refractivity contribution in [3.8, 4) is 0 Å². The molecule has 0 aromatic carbocycles. The van der Waals surface area contributed by atoms with E-state index in [1.807, 2.05) is 0 Å². The van der Waals surface area contributed by atoms with E-state index in [0.717, 1.165) is 6.33 Å². The number of hydrogen-bond acceptors (Lipinski definition) is 8. The number of hydrogen-bond donors (Lipinski definition) is 6. The molecule has 1 aliphatic rings. The summed E-state index contributed by atoms with van der Waals surface area (Å²) in [5, 5.41) is 46.4. The van der Waals surface area contributed by atoms with Crippen molar-refractivity contribution >= 4 is 16.9 Å². The normalized spacial score (nSPS) is 27.6. The molecular formula is C12H15N5O6. The van der Waals surface area contributed by atoms with Gasteiger partial charge in [0, 0.05) is 6.20 Å². The molecule has 0 spiro atoms. The van der Waals surface area contributed by atoms with Crippen molar-refractivity contribution in [2.45, 2.75) is 24.5 Å². The smallest absolute Gasteiger partial charge is 0.251 e. The number of nitrogens with one attached hydrogen (secondary N) is 1. The lowest BCUT2D eigenvalue weighted by atomic mass is 10.1. The third-order valence-electron chi connectivity index (χ3n) is 3.82. The first-order chi connectivity index (χ1) is 10.9. The minimum Gasteiger partial charge on any atom is -0.425 e. The summed E-state index contributed by atoms with van der Waals surface area (Å²) in [7, 11) is 0. The van der Waals surface area contributed by atoms with Crippen LogP contribution in [0.1, 0.15) is 16.6 Å². The van der Waals surface area contributed by atoms with E-state index >= 15 is 0 Å². The van der Waals surface area contributed by atoms with Gasteiger partial charge in [0.1, 0.15) is 30.3 Å². The maximum atomic E-state index is 11.6. The Morgan fingerprint density at radius 1 is 1.43 bits per heavy atom. The number of aromatic nitrogens is 3. The molecule has 0 aliphatic carbocycles. The Morgan fingerprint density at radius 3 is 2.70 bits per heavy atom. The van der Waals surface area contributed by atoms with Gasteiger partial charge in [0.25, 0.3) is 5.91 Å². The molecule has 23 heavy (non-hydrogen) atoms. The summed E-state index contributed by atoms with van der Waals surface area (Å²) in [6.45, 7) is -0.510. The number of carbonyl (C=O) groups excluding carboxylic acids is 1. The summed E-state index contributed by atoms with van der Waals surface area (Å²) in [6, 6.07) is 0. The predicted molar refractivity (Wildman–Crippen MR) is 72.3 cm³/mol. The molecule has 0 unspecified atom stereocenters. The van der Waals surface area contributed by atoms with E-state index in [1.165, 1.54) is 10.8 Å². The first-order valence-electron chi connectivity index (χ1n) is 6.65. The van der Waals surface area contributed by atoms with Gasteiger partial charge in [0.05, 0.1) is 17.6 Å². The Bertz CT molecular complexity index is 829. The fraction of sp³-hybridized carbons (Fsp3) is 0.417. The largest absolute Gasteiger partial charge is 0.425 e. The van der Waals surface area contributed by atoms with Crippen molar-refractivity contribution in [1.29, 1.82) is 5.41 Å². The number of carbonyl (C=O) groups is 1. The molecule has 11 heteroatoms. The highest BCUT2D eigenvalue weighted by Gasteiger charge is 2.44.